The molecule has 0 bridgehead atoms. The first kappa shape index (κ1) is 16.3. The molecule has 0 aliphatic carbocycles. The van der Waals surface area contributed by atoms with Crippen LogP contribution in [0, 0.1) is 0 Å². The molecule has 0 atom stereocenters. The second kappa shape index (κ2) is 6.35. The largest absolute Gasteiger partial charge is 0.504 e. The number of rotatable bonds is 4. The highest BCUT2D eigenvalue weighted by Crippen LogP contribution is 2.33. The van der Waals surface area contributed by atoms with E-state index >= 15 is 0 Å². The molecule has 2 N–H and O–H groups in total. The Morgan fingerprint density at radius 1 is 1.35 bits per heavy atom. The molecule has 120 valence electrons. The number of nitrogens with one attached hydrogen (secondary N) is 1. The average molecular weight is 316 g/mol. The van der Waals surface area contributed by atoms with Gasteiger partial charge in [0, 0.05) is 12.6 Å². The highest BCUT2D eigenvalue weighted by atomic mass is 16.5. The molecule has 1 aliphatic rings. The van der Waals surface area contributed by atoms with Crippen LogP contribution in [0.2, 0.25) is 0 Å². The van der Waals surface area contributed by atoms with Crippen molar-refractivity contribution in [1.29, 1.82) is 0 Å². The molecule has 4 amide bonds. The van der Waals surface area contributed by atoms with Gasteiger partial charge in [-0.2, -0.15) is 0 Å². The minimum atomic E-state index is -0.771. The van der Waals surface area contributed by atoms with E-state index in [1.54, 1.807) is 12.1 Å². The summed E-state index contributed by atoms with van der Waals surface area (Å²) in [5.41, 5.74) is 0.849. The summed E-state index contributed by atoms with van der Waals surface area (Å²) in [5.74, 6) is -1.28. The Hall–Kier alpha value is -3.09. The van der Waals surface area contributed by atoms with Crippen molar-refractivity contribution in [3.05, 3.63) is 41.5 Å². The summed E-state index contributed by atoms with van der Waals surface area (Å²) in [6.45, 7) is 3.61. The number of allylic oxidation sites excluding steroid dienone is 1. The Labute approximate surface area is 132 Å². The van der Waals surface area contributed by atoms with Crippen LogP contribution in [0.4, 0.5) is 4.79 Å². The zero-order valence-corrected chi connectivity index (χ0v) is 12.8. The lowest BCUT2D eigenvalue weighted by Crippen LogP contribution is -2.52. The van der Waals surface area contributed by atoms with Crippen molar-refractivity contribution in [1.82, 2.24) is 10.2 Å². The molecule has 0 saturated carbocycles. The summed E-state index contributed by atoms with van der Waals surface area (Å²) in [7, 11) is 2.67. The van der Waals surface area contributed by atoms with E-state index in [2.05, 4.69) is 11.9 Å². The maximum atomic E-state index is 12.1. The second-order valence-corrected chi connectivity index (χ2v) is 4.91. The van der Waals surface area contributed by atoms with Gasteiger partial charge in [0.1, 0.15) is 5.57 Å². The van der Waals surface area contributed by atoms with Crippen LogP contribution in [-0.2, 0) is 16.0 Å². The number of aromatic hydroxyl groups is 1. The van der Waals surface area contributed by atoms with Crippen molar-refractivity contribution in [3.63, 3.8) is 0 Å². The third kappa shape index (κ3) is 3.08. The Balaban J connectivity index is 2.51. The van der Waals surface area contributed by atoms with Gasteiger partial charge in [0.05, 0.1) is 7.11 Å². The van der Waals surface area contributed by atoms with Gasteiger partial charge in [0.25, 0.3) is 11.8 Å². The molecular formula is C16H16N2O5. The number of nitrogens with zero attached hydrogens (tertiary/aromatic N) is 1. The van der Waals surface area contributed by atoms with E-state index in [1.807, 2.05) is 0 Å². The van der Waals surface area contributed by atoms with Crippen LogP contribution in [0.15, 0.2) is 30.4 Å². The van der Waals surface area contributed by atoms with Crippen LogP contribution in [0.25, 0.3) is 6.08 Å². The Morgan fingerprint density at radius 3 is 2.65 bits per heavy atom. The fourth-order valence-corrected chi connectivity index (χ4v) is 2.15. The van der Waals surface area contributed by atoms with Gasteiger partial charge in [-0.3, -0.25) is 19.8 Å². The molecule has 0 unspecified atom stereocenters. The number of amides is 4. The number of imide groups is 2. The van der Waals surface area contributed by atoms with Crippen LogP contribution < -0.4 is 10.1 Å². The molecule has 1 aromatic rings. The van der Waals surface area contributed by atoms with Gasteiger partial charge in [0.2, 0.25) is 0 Å². The van der Waals surface area contributed by atoms with E-state index < -0.39 is 17.8 Å². The van der Waals surface area contributed by atoms with E-state index in [0.29, 0.717) is 17.5 Å². The third-order valence-electron chi connectivity index (χ3n) is 3.38. The van der Waals surface area contributed by atoms with Crippen molar-refractivity contribution in [2.45, 2.75) is 6.42 Å². The zero-order chi connectivity index (χ0) is 17.1. The molecule has 2 rings (SSSR count). The van der Waals surface area contributed by atoms with Crippen LogP contribution in [0.5, 0.6) is 11.5 Å². The molecule has 7 heteroatoms. The predicted molar refractivity (Wildman–Crippen MR) is 82.8 cm³/mol. The Kier molecular flexibility index (Phi) is 4.49. The molecule has 0 spiro atoms. The van der Waals surface area contributed by atoms with Crippen molar-refractivity contribution in [2.75, 3.05) is 14.2 Å². The number of carbonyl (C=O) groups excluding carboxylic acids is 3. The van der Waals surface area contributed by atoms with Crippen molar-refractivity contribution in [3.8, 4) is 11.5 Å². The first-order valence-electron chi connectivity index (χ1n) is 6.74. The van der Waals surface area contributed by atoms with E-state index in [4.69, 9.17) is 4.74 Å². The normalized spacial score (nSPS) is 16.5. The van der Waals surface area contributed by atoms with Gasteiger partial charge in [-0.05, 0) is 30.2 Å². The lowest BCUT2D eigenvalue weighted by atomic mass is 10.0. The van der Waals surface area contributed by atoms with Crippen LogP contribution in [0.1, 0.15) is 11.1 Å². The molecule has 1 heterocycles. The summed E-state index contributed by atoms with van der Waals surface area (Å²) in [6, 6.07) is 2.34. The maximum absolute atomic E-state index is 12.1. The van der Waals surface area contributed by atoms with Crippen molar-refractivity contribution in [2.24, 2.45) is 0 Å². The lowest BCUT2D eigenvalue weighted by molar-refractivity contribution is -0.129. The molecule has 23 heavy (non-hydrogen) atoms. The highest BCUT2D eigenvalue weighted by Gasteiger charge is 2.33. The quantitative estimate of drug-likeness (QED) is 0.495. The summed E-state index contributed by atoms with van der Waals surface area (Å²) < 4.78 is 5.09. The predicted octanol–water partition coefficient (Wildman–Crippen LogP) is 1.22. The minimum Gasteiger partial charge on any atom is -0.504 e. The first-order chi connectivity index (χ1) is 10.9. The van der Waals surface area contributed by atoms with Crippen LogP contribution in [0.3, 0.4) is 0 Å². The summed E-state index contributed by atoms with van der Waals surface area (Å²) in [5, 5.41) is 12.1. The number of urea groups is 1. The van der Waals surface area contributed by atoms with Crippen molar-refractivity contribution < 1.29 is 24.2 Å². The number of hydrogen-bond acceptors (Lipinski definition) is 5. The fraction of sp³-hybridized carbons (Fsp3) is 0.188. The molecule has 1 aromatic carbocycles. The first-order valence-corrected chi connectivity index (χ1v) is 6.74. The molecule has 0 radical (unpaired) electrons. The number of methoxy groups -OCH3 is 1. The van der Waals surface area contributed by atoms with E-state index in [1.165, 1.54) is 26.3 Å². The number of likely N-dealkylation sites (N-methyl/N-ethyl adjacent to an activating group) is 1. The Bertz CT molecular complexity index is 736. The number of barbiturate groups is 1. The minimum absolute atomic E-state index is 0.0266. The molecule has 1 saturated heterocycles. The lowest BCUT2D eigenvalue weighted by Gasteiger charge is -2.22. The SMILES string of the molecule is C=CCc1cc(/C=C2/C(=O)NC(=O)N(C)C2=O)cc(OC)c1O. The van der Waals surface area contributed by atoms with Gasteiger partial charge >= 0.3 is 6.03 Å². The van der Waals surface area contributed by atoms with E-state index in [9.17, 15) is 19.5 Å². The van der Waals surface area contributed by atoms with Gasteiger partial charge in [0.15, 0.2) is 11.5 Å². The molecule has 1 fully saturated rings. The number of phenolic OH excluding ortho intramolecular Hbond substituents is 1. The van der Waals surface area contributed by atoms with Gasteiger partial charge in [-0.15, -0.1) is 6.58 Å². The third-order valence-corrected chi connectivity index (χ3v) is 3.38. The van der Waals surface area contributed by atoms with Crippen molar-refractivity contribution >= 4 is 23.9 Å². The molecular weight excluding hydrogens is 300 g/mol. The number of benzene rings is 1. The van der Waals surface area contributed by atoms with Crippen LogP contribution >= 0.6 is 0 Å². The van der Waals surface area contributed by atoms with Gasteiger partial charge < -0.3 is 9.84 Å². The average Bonchev–Trinajstić information content (AvgIpc) is 2.52. The van der Waals surface area contributed by atoms with E-state index in [-0.39, 0.29) is 17.1 Å². The maximum Gasteiger partial charge on any atom is 0.331 e. The van der Waals surface area contributed by atoms with Gasteiger partial charge in [-0.1, -0.05) is 6.08 Å². The number of phenols is 1. The number of hydrogen-bond donors (Lipinski definition) is 2. The monoisotopic (exact) mass is 316 g/mol. The molecule has 1 aliphatic heterocycles. The standard InChI is InChI=1S/C16H16N2O5/c1-4-5-10-6-9(8-12(23-3)13(10)19)7-11-14(20)17-16(22)18(2)15(11)21/h4,6-8,19H,1,5H2,2-3H3,(H,17,20,22)/b11-7-. The van der Waals surface area contributed by atoms with E-state index in [0.717, 1.165) is 4.90 Å². The topological polar surface area (TPSA) is 95.9 Å². The Morgan fingerprint density at radius 2 is 2.04 bits per heavy atom. The fourth-order valence-electron chi connectivity index (χ4n) is 2.15. The van der Waals surface area contributed by atoms with Crippen LogP contribution in [-0.4, -0.2) is 42.0 Å². The molecule has 0 aromatic heterocycles. The summed E-state index contributed by atoms with van der Waals surface area (Å²) in [6.07, 6.45) is 3.34. The number of carbonyl (C=O) groups is 3. The summed E-state index contributed by atoms with van der Waals surface area (Å²) in [4.78, 5) is 36.1. The van der Waals surface area contributed by atoms with Gasteiger partial charge in [-0.25, -0.2) is 4.79 Å². The summed E-state index contributed by atoms with van der Waals surface area (Å²) >= 11 is 0. The smallest absolute Gasteiger partial charge is 0.331 e. The molecule has 7 nitrogen and oxygen atoms in total. The second-order valence-electron chi connectivity index (χ2n) is 4.91. The number of ether oxygens (including phenoxy) is 1. The zero-order valence-electron chi connectivity index (χ0n) is 12.8. The highest BCUT2D eigenvalue weighted by molar-refractivity contribution is 6.30.